The molecule has 0 unspecified atom stereocenters. The second-order valence-electron chi connectivity index (χ2n) is 8.68. The highest BCUT2D eigenvalue weighted by Crippen LogP contribution is 2.33. The Morgan fingerprint density at radius 2 is 2.03 bits per heavy atom. The Labute approximate surface area is 214 Å². The van der Waals surface area contributed by atoms with Gasteiger partial charge in [0.05, 0.1) is 17.8 Å². The number of aromatic nitrogens is 6. The van der Waals surface area contributed by atoms with Gasteiger partial charge in [0.2, 0.25) is 5.95 Å². The fourth-order valence-corrected chi connectivity index (χ4v) is 5.27. The van der Waals surface area contributed by atoms with Crippen LogP contribution in [-0.2, 0) is 19.5 Å². The average molecular weight is 584 g/mol. The van der Waals surface area contributed by atoms with Crippen LogP contribution < -0.4 is 10.1 Å². The number of ether oxygens (including phenoxy) is 1. The summed E-state index contributed by atoms with van der Waals surface area (Å²) in [7, 11) is 4.04. The van der Waals surface area contributed by atoms with E-state index in [0.29, 0.717) is 31.1 Å². The lowest BCUT2D eigenvalue weighted by Crippen LogP contribution is -2.14. The molecule has 0 atom stereocenters. The summed E-state index contributed by atoms with van der Waals surface area (Å²) < 4.78 is 24.8. The first-order valence-corrected chi connectivity index (χ1v) is 12.2. The topological polar surface area (TPSA) is 84.9 Å². The molecular formula is C24H22FIN8O. The minimum atomic E-state index is -0.248. The largest absolute Gasteiger partial charge is 0.493 e. The molecule has 0 radical (unpaired) electrons. The molecule has 1 aliphatic heterocycles. The first-order valence-electron chi connectivity index (χ1n) is 11.2. The van der Waals surface area contributed by atoms with Crippen LogP contribution in [0.15, 0.2) is 43.1 Å². The molecule has 5 aromatic rings. The molecule has 9 nitrogen and oxygen atoms in total. The highest BCUT2D eigenvalue weighted by Gasteiger charge is 2.21. The SMILES string of the molecule is CN(C)Cc1ccc(-c2cnc(NCc3c(F)ccc4c3CCO4)n3cnc(I)c23)c2ncnn12. The molecule has 0 bridgehead atoms. The Balaban J connectivity index is 1.40. The maximum Gasteiger partial charge on any atom is 0.209 e. The van der Waals surface area contributed by atoms with Crippen molar-refractivity contribution in [2.24, 2.45) is 0 Å². The Morgan fingerprint density at radius 1 is 1.14 bits per heavy atom. The van der Waals surface area contributed by atoms with Gasteiger partial charge >= 0.3 is 0 Å². The number of hydrogen-bond acceptors (Lipinski definition) is 7. The number of rotatable bonds is 6. The monoisotopic (exact) mass is 584 g/mol. The van der Waals surface area contributed by atoms with E-state index in [1.807, 2.05) is 29.2 Å². The molecule has 0 amide bonds. The second-order valence-corrected chi connectivity index (χ2v) is 9.70. The van der Waals surface area contributed by atoms with Crippen LogP contribution in [0.25, 0.3) is 22.3 Å². The van der Waals surface area contributed by atoms with E-state index in [1.54, 1.807) is 18.7 Å². The van der Waals surface area contributed by atoms with Crippen molar-refractivity contribution in [2.45, 2.75) is 19.5 Å². The van der Waals surface area contributed by atoms with E-state index < -0.39 is 0 Å². The van der Waals surface area contributed by atoms with Crippen molar-refractivity contribution in [1.29, 1.82) is 0 Å². The van der Waals surface area contributed by atoms with Crippen molar-refractivity contribution < 1.29 is 9.13 Å². The zero-order chi connectivity index (χ0) is 24.1. The molecule has 35 heavy (non-hydrogen) atoms. The number of nitrogens with one attached hydrogen (secondary N) is 1. The number of imidazole rings is 1. The molecule has 1 aliphatic rings. The van der Waals surface area contributed by atoms with Crippen LogP contribution in [0.1, 0.15) is 16.8 Å². The Hall–Kier alpha value is -3.32. The van der Waals surface area contributed by atoms with Gasteiger partial charge in [-0.1, -0.05) is 0 Å². The average Bonchev–Trinajstić information content (AvgIpc) is 3.59. The van der Waals surface area contributed by atoms with E-state index >= 15 is 0 Å². The normalized spacial score (nSPS) is 13.1. The van der Waals surface area contributed by atoms with Crippen molar-refractivity contribution in [3.8, 4) is 16.9 Å². The third kappa shape index (κ3) is 3.78. The first-order chi connectivity index (χ1) is 17.0. The number of anilines is 1. The molecule has 4 aromatic heterocycles. The summed E-state index contributed by atoms with van der Waals surface area (Å²) in [6.07, 6.45) is 5.81. The van der Waals surface area contributed by atoms with Crippen LogP contribution in [0.2, 0.25) is 0 Å². The Morgan fingerprint density at radius 3 is 2.89 bits per heavy atom. The fourth-order valence-electron chi connectivity index (χ4n) is 4.59. The summed E-state index contributed by atoms with van der Waals surface area (Å²) in [6.45, 7) is 1.61. The molecule has 0 spiro atoms. The maximum atomic E-state index is 14.6. The van der Waals surface area contributed by atoms with Gasteiger partial charge in [-0.3, -0.25) is 4.40 Å². The van der Waals surface area contributed by atoms with Crippen molar-refractivity contribution in [3.63, 3.8) is 0 Å². The summed E-state index contributed by atoms with van der Waals surface area (Å²) in [5.41, 5.74) is 6.03. The van der Waals surface area contributed by atoms with E-state index in [-0.39, 0.29) is 5.82 Å². The highest BCUT2D eigenvalue weighted by molar-refractivity contribution is 14.1. The third-order valence-electron chi connectivity index (χ3n) is 6.16. The van der Waals surface area contributed by atoms with Gasteiger partial charge in [0.15, 0.2) is 5.65 Å². The molecule has 0 fully saturated rings. The minimum absolute atomic E-state index is 0.248. The van der Waals surface area contributed by atoms with Crippen LogP contribution in [0.4, 0.5) is 10.3 Å². The van der Waals surface area contributed by atoms with Crippen LogP contribution in [0, 0.1) is 9.52 Å². The smallest absolute Gasteiger partial charge is 0.209 e. The lowest BCUT2D eigenvalue weighted by molar-refractivity contribution is 0.356. The van der Waals surface area contributed by atoms with Gasteiger partial charge in [0, 0.05) is 48.0 Å². The Kier molecular flexibility index (Phi) is 5.52. The van der Waals surface area contributed by atoms with Crippen LogP contribution >= 0.6 is 22.6 Å². The summed E-state index contributed by atoms with van der Waals surface area (Å²) in [4.78, 5) is 15.8. The number of nitrogens with zero attached hydrogens (tertiary/aromatic N) is 7. The zero-order valence-corrected chi connectivity index (χ0v) is 21.3. The van der Waals surface area contributed by atoms with Crippen LogP contribution in [0.5, 0.6) is 5.75 Å². The molecule has 0 saturated heterocycles. The van der Waals surface area contributed by atoms with E-state index in [0.717, 1.165) is 49.5 Å². The van der Waals surface area contributed by atoms with Crippen molar-refractivity contribution in [3.05, 3.63) is 69.5 Å². The lowest BCUT2D eigenvalue weighted by Gasteiger charge is -2.15. The summed E-state index contributed by atoms with van der Waals surface area (Å²) >= 11 is 2.22. The van der Waals surface area contributed by atoms with Gasteiger partial charge in [0.1, 0.15) is 27.9 Å². The molecule has 6 rings (SSSR count). The Bertz CT molecular complexity index is 1580. The van der Waals surface area contributed by atoms with Gasteiger partial charge in [0.25, 0.3) is 0 Å². The standard InChI is InChI=1S/C24H22FIN8O/c1-32(2)11-14-3-4-16(23-29-12-31-34(14)23)18-10-28-24(33-13-30-22(26)21(18)33)27-9-17-15-7-8-35-20(15)6-5-19(17)25/h3-6,10,12-13H,7-9,11H2,1-2H3,(H,27,28). The molecule has 1 N–H and O–H groups in total. The van der Waals surface area contributed by atoms with Gasteiger partial charge in [-0.2, -0.15) is 5.10 Å². The molecule has 1 aromatic carbocycles. The van der Waals surface area contributed by atoms with Crippen molar-refractivity contribution in [1.82, 2.24) is 33.9 Å². The number of benzene rings is 1. The van der Waals surface area contributed by atoms with Gasteiger partial charge in [-0.05, 0) is 61.0 Å². The second kappa shape index (κ2) is 8.72. The van der Waals surface area contributed by atoms with E-state index in [2.05, 4.69) is 65.0 Å². The van der Waals surface area contributed by atoms with E-state index in [4.69, 9.17) is 4.74 Å². The molecule has 178 valence electrons. The molecular weight excluding hydrogens is 562 g/mol. The fraction of sp³-hybridized carbons (Fsp3) is 0.250. The quantitative estimate of drug-likeness (QED) is 0.304. The maximum absolute atomic E-state index is 14.6. The number of fused-ring (bicyclic) bond motifs is 3. The number of halogens is 2. The van der Waals surface area contributed by atoms with Gasteiger partial charge < -0.3 is 15.0 Å². The van der Waals surface area contributed by atoms with Crippen molar-refractivity contribution >= 4 is 39.7 Å². The van der Waals surface area contributed by atoms with Gasteiger partial charge in [-0.15, -0.1) is 0 Å². The highest BCUT2D eigenvalue weighted by atomic mass is 127. The molecule has 0 aliphatic carbocycles. The predicted molar refractivity (Wildman–Crippen MR) is 138 cm³/mol. The summed E-state index contributed by atoms with van der Waals surface area (Å²) in [6, 6.07) is 7.26. The summed E-state index contributed by atoms with van der Waals surface area (Å²) in [5, 5.41) is 7.75. The van der Waals surface area contributed by atoms with Crippen LogP contribution in [-0.4, -0.2) is 54.6 Å². The summed E-state index contributed by atoms with van der Waals surface area (Å²) in [5.74, 6) is 1.09. The number of pyridine rings is 1. The minimum Gasteiger partial charge on any atom is -0.493 e. The van der Waals surface area contributed by atoms with Crippen molar-refractivity contribution in [2.75, 3.05) is 26.0 Å². The third-order valence-corrected chi connectivity index (χ3v) is 6.95. The predicted octanol–water partition coefficient (Wildman–Crippen LogP) is 3.79. The number of hydrogen-bond donors (Lipinski definition) is 1. The lowest BCUT2D eigenvalue weighted by atomic mass is 10.0. The van der Waals surface area contributed by atoms with E-state index in [9.17, 15) is 4.39 Å². The first kappa shape index (κ1) is 22.2. The van der Waals surface area contributed by atoms with E-state index in [1.165, 1.54) is 6.07 Å². The molecule has 0 saturated carbocycles. The molecule has 5 heterocycles. The van der Waals surface area contributed by atoms with Gasteiger partial charge in [-0.25, -0.2) is 23.9 Å². The van der Waals surface area contributed by atoms with Crippen LogP contribution in [0.3, 0.4) is 0 Å². The molecule has 11 heteroatoms. The zero-order valence-electron chi connectivity index (χ0n) is 19.2.